The van der Waals surface area contributed by atoms with Crippen LogP contribution in [0, 0.1) is 13.8 Å². The summed E-state index contributed by atoms with van der Waals surface area (Å²) in [5.41, 5.74) is 4.01. The van der Waals surface area contributed by atoms with Crippen molar-refractivity contribution in [1.82, 2.24) is 5.32 Å². The van der Waals surface area contributed by atoms with Crippen molar-refractivity contribution in [3.05, 3.63) is 76.9 Å². The lowest BCUT2D eigenvalue weighted by Crippen LogP contribution is -2.33. The SMILES string of the molecule is Cc1cccc(C)c1C(=O)NC(C)C/C=C/c1ccccc1. The fourth-order valence-corrected chi connectivity index (χ4v) is 2.50. The first kappa shape index (κ1) is 16.0. The quantitative estimate of drug-likeness (QED) is 0.862. The molecule has 1 amide bonds. The zero-order valence-electron chi connectivity index (χ0n) is 13.5. The molecule has 0 bridgehead atoms. The predicted molar refractivity (Wildman–Crippen MR) is 92.9 cm³/mol. The maximum absolute atomic E-state index is 12.4. The third-order valence-electron chi connectivity index (χ3n) is 3.69. The van der Waals surface area contributed by atoms with Crippen LogP contribution in [0.1, 0.15) is 40.4 Å². The Morgan fingerprint density at radius 1 is 1.05 bits per heavy atom. The first-order valence-electron chi connectivity index (χ1n) is 7.66. The zero-order chi connectivity index (χ0) is 15.9. The van der Waals surface area contributed by atoms with Gasteiger partial charge in [0.2, 0.25) is 0 Å². The molecule has 0 spiro atoms. The van der Waals surface area contributed by atoms with Gasteiger partial charge in [-0.15, -0.1) is 0 Å². The van der Waals surface area contributed by atoms with E-state index in [-0.39, 0.29) is 11.9 Å². The Morgan fingerprint density at radius 3 is 2.32 bits per heavy atom. The van der Waals surface area contributed by atoms with Crippen LogP contribution in [-0.2, 0) is 0 Å². The van der Waals surface area contributed by atoms with Crippen molar-refractivity contribution < 1.29 is 4.79 Å². The number of amides is 1. The van der Waals surface area contributed by atoms with Crippen LogP contribution >= 0.6 is 0 Å². The maximum Gasteiger partial charge on any atom is 0.252 e. The molecule has 2 aromatic rings. The molecule has 22 heavy (non-hydrogen) atoms. The van der Waals surface area contributed by atoms with Crippen LogP contribution in [0.3, 0.4) is 0 Å². The second-order valence-corrected chi connectivity index (χ2v) is 5.69. The van der Waals surface area contributed by atoms with Gasteiger partial charge in [-0.25, -0.2) is 0 Å². The van der Waals surface area contributed by atoms with E-state index in [9.17, 15) is 4.79 Å². The van der Waals surface area contributed by atoms with E-state index >= 15 is 0 Å². The van der Waals surface area contributed by atoms with E-state index in [1.54, 1.807) is 0 Å². The Bertz CT molecular complexity index is 638. The highest BCUT2D eigenvalue weighted by Crippen LogP contribution is 2.13. The molecule has 2 nitrogen and oxygen atoms in total. The maximum atomic E-state index is 12.4. The van der Waals surface area contributed by atoms with Gasteiger partial charge in [0, 0.05) is 11.6 Å². The molecule has 114 valence electrons. The highest BCUT2D eigenvalue weighted by Gasteiger charge is 2.13. The summed E-state index contributed by atoms with van der Waals surface area (Å²) in [4.78, 5) is 12.4. The van der Waals surface area contributed by atoms with E-state index in [0.29, 0.717) is 0 Å². The van der Waals surface area contributed by atoms with E-state index in [1.165, 1.54) is 5.56 Å². The topological polar surface area (TPSA) is 29.1 Å². The summed E-state index contributed by atoms with van der Waals surface area (Å²) in [6.45, 7) is 5.98. The molecule has 2 aromatic carbocycles. The largest absolute Gasteiger partial charge is 0.349 e. The standard InChI is InChI=1S/C20H23NO/c1-15-9-7-10-16(2)19(15)20(22)21-17(3)11-8-14-18-12-5-4-6-13-18/h4-10,12-14,17H,11H2,1-3H3,(H,21,22)/b14-8+. The normalized spacial score (nSPS) is 12.3. The molecular weight excluding hydrogens is 270 g/mol. The van der Waals surface area contributed by atoms with Gasteiger partial charge in [-0.05, 0) is 43.9 Å². The molecule has 1 unspecified atom stereocenters. The molecule has 0 heterocycles. The van der Waals surface area contributed by atoms with Gasteiger partial charge in [-0.1, -0.05) is 60.7 Å². The molecule has 2 heteroatoms. The molecule has 2 rings (SSSR count). The summed E-state index contributed by atoms with van der Waals surface area (Å²) in [7, 11) is 0. The monoisotopic (exact) mass is 293 g/mol. The van der Waals surface area contributed by atoms with Crippen molar-refractivity contribution in [2.75, 3.05) is 0 Å². The van der Waals surface area contributed by atoms with Gasteiger partial charge in [0.1, 0.15) is 0 Å². The lowest BCUT2D eigenvalue weighted by Gasteiger charge is -2.14. The third kappa shape index (κ3) is 4.32. The van der Waals surface area contributed by atoms with Crippen LogP contribution in [0.5, 0.6) is 0 Å². The molecule has 0 radical (unpaired) electrons. The van der Waals surface area contributed by atoms with Gasteiger partial charge in [0.25, 0.3) is 5.91 Å². The predicted octanol–water partition coefficient (Wildman–Crippen LogP) is 4.53. The molecule has 0 saturated carbocycles. The first-order chi connectivity index (χ1) is 10.6. The number of rotatable bonds is 5. The first-order valence-corrected chi connectivity index (χ1v) is 7.66. The fraction of sp³-hybridized carbons (Fsp3) is 0.250. The number of aryl methyl sites for hydroxylation is 2. The number of hydrogen-bond donors (Lipinski definition) is 1. The minimum Gasteiger partial charge on any atom is -0.349 e. The average molecular weight is 293 g/mol. The Labute approximate surface area is 132 Å². The fourth-order valence-electron chi connectivity index (χ4n) is 2.50. The van der Waals surface area contributed by atoms with E-state index in [1.807, 2.05) is 57.2 Å². The summed E-state index contributed by atoms with van der Waals surface area (Å²) < 4.78 is 0. The minimum absolute atomic E-state index is 0.0104. The molecule has 0 fully saturated rings. The summed E-state index contributed by atoms with van der Waals surface area (Å²) >= 11 is 0. The minimum atomic E-state index is 0.0104. The third-order valence-corrected chi connectivity index (χ3v) is 3.69. The van der Waals surface area contributed by atoms with Gasteiger partial charge >= 0.3 is 0 Å². The number of benzene rings is 2. The lowest BCUT2D eigenvalue weighted by molar-refractivity contribution is 0.0939. The van der Waals surface area contributed by atoms with Crippen molar-refractivity contribution in [2.24, 2.45) is 0 Å². The zero-order valence-corrected chi connectivity index (χ0v) is 13.5. The number of nitrogens with one attached hydrogen (secondary N) is 1. The van der Waals surface area contributed by atoms with Crippen molar-refractivity contribution in [3.8, 4) is 0 Å². The van der Waals surface area contributed by atoms with E-state index in [0.717, 1.165) is 23.1 Å². The smallest absolute Gasteiger partial charge is 0.252 e. The van der Waals surface area contributed by atoms with Crippen LogP contribution in [-0.4, -0.2) is 11.9 Å². The number of carbonyl (C=O) groups excluding carboxylic acids is 1. The molecule has 0 aliphatic heterocycles. The van der Waals surface area contributed by atoms with Crippen LogP contribution in [0.25, 0.3) is 6.08 Å². The summed E-state index contributed by atoms with van der Waals surface area (Å²) in [5, 5.41) is 3.07. The van der Waals surface area contributed by atoms with Gasteiger partial charge < -0.3 is 5.32 Å². The summed E-state index contributed by atoms with van der Waals surface area (Å²) in [6.07, 6.45) is 5.00. The van der Waals surface area contributed by atoms with Crippen molar-refractivity contribution in [1.29, 1.82) is 0 Å². The molecule has 1 N–H and O–H groups in total. The second kappa shape index (κ2) is 7.60. The number of carbonyl (C=O) groups is 1. The van der Waals surface area contributed by atoms with E-state index < -0.39 is 0 Å². The van der Waals surface area contributed by atoms with Gasteiger partial charge in [-0.3, -0.25) is 4.79 Å². The Hall–Kier alpha value is -2.35. The summed E-state index contributed by atoms with van der Waals surface area (Å²) in [5.74, 6) is 0.0104. The molecular formula is C20H23NO. The number of hydrogen-bond acceptors (Lipinski definition) is 1. The van der Waals surface area contributed by atoms with Gasteiger partial charge in [-0.2, -0.15) is 0 Å². The Morgan fingerprint density at radius 2 is 1.68 bits per heavy atom. The second-order valence-electron chi connectivity index (χ2n) is 5.69. The highest BCUT2D eigenvalue weighted by molar-refractivity contribution is 5.97. The molecule has 0 aromatic heterocycles. The van der Waals surface area contributed by atoms with E-state index in [2.05, 4.69) is 29.6 Å². The highest BCUT2D eigenvalue weighted by atomic mass is 16.1. The van der Waals surface area contributed by atoms with Crippen LogP contribution in [0.15, 0.2) is 54.6 Å². The van der Waals surface area contributed by atoms with E-state index in [4.69, 9.17) is 0 Å². The Balaban J connectivity index is 1.93. The summed E-state index contributed by atoms with van der Waals surface area (Å²) in [6, 6.07) is 16.2. The van der Waals surface area contributed by atoms with Crippen LogP contribution in [0.2, 0.25) is 0 Å². The molecule has 0 aliphatic rings. The average Bonchev–Trinajstić information content (AvgIpc) is 2.48. The Kier molecular flexibility index (Phi) is 5.54. The van der Waals surface area contributed by atoms with Crippen molar-refractivity contribution >= 4 is 12.0 Å². The van der Waals surface area contributed by atoms with Crippen molar-refractivity contribution in [3.63, 3.8) is 0 Å². The van der Waals surface area contributed by atoms with Gasteiger partial charge in [0.05, 0.1) is 0 Å². The van der Waals surface area contributed by atoms with Crippen LogP contribution in [0.4, 0.5) is 0 Å². The molecule has 0 saturated heterocycles. The van der Waals surface area contributed by atoms with Gasteiger partial charge in [0.15, 0.2) is 0 Å². The van der Waals surface area contributed by atoms with Crippen molar-refractivity contribution in [2.45, 2.75) is 33.2 Å². The van der Waals surface area contributed by atoms with Crippen LogP contribution < -0.4 is 5.32 Å². The molecule has 1 atom stereocenters. The lowest BCUT2D eigenvalue weighted by atomic mass is 10.0. The molecule has 0 aliphatic carbocycles.